The predicted octanol–water partition coefficient (Wildman–Crippen LogP) is 1.74. The lowest BCUT2D eigenvalue weighted by atomic mass is 10.2. The van der Waals surface area contributed by atoms with Crippen LogP contribution in [0.25, 0.3) is 0 Å². The van der Waals surface area contributed by atoms with Gasteiger partial charge >= 0.3 is 0 Å². The van der Waals surface area contributed by atoms with Gasteiger partial charge in [0.1, 0.15) is 16.4 Å². The lowest BCUT2D eigenvalue weighted by molar-refractivity contribution is -0.0231. The third kappa shape index (κ3) is 2.88. The Morgan fingerprint density at radius 1 is 1.43 bits per heavy atom. The number of hydrogen-bond donors (Lipinski definition) is 1. The lowest BCUT2D eigenvalue weighted by Crippen LogP contribution is -2.51. The van der Waals surface area contributed by atoms with Crippen molar-refractivity contribution in [3.8, 4) is 0 Å². The fraction of sp³-hybridized carbons (Fsp3) is 0.538. The molecule has 1 fully saturated rings. The second-order valence-electron chi connectivity index (χ2n) is 5.05. The van der Waals surface area contributed by atoms with Crippen molar-refractivity contribution in [2.45, 2.75) is 37.3 Å². The van der Waals surface area contributed by atoms with Gasteiger partial charge in [-0.2, -0.15) is 4.31 Å². The first kappa shape index (κ1) is 16.1. The number of morpholine rings is 1. The van der Waals surface area contributed by atoms with E-state index >= 15 is 0 Å². The van der Waals surface area contributed by atoms with Crippen LogP contribution in [0.1, 0.15) is 20.3 Å². The summed E-state index contributed by atoms with van der Waals surface area (Å²) in [6.45, 7) is 3.93. The molecule has 0 aliphatic carbocycles. The number of sulfonamides is 1. The molecule has 2 N–H and O–H groups in total. The third-order valence-electron chi connectivity index (χ3n) is 3.57. The first-order valence-electron chi connectivity index (χ1n) is 6.66. The Labute approximate surface area is 122 Å². The number of nitrogens with zero attached hydrogens (tertiary/aromatic N) is 1. The molecule has 118 valence electrons. The number of hydrogen-bond acceptors (Lipinski definition) is 4. The number of anilines is 1. The minimum atomic E-state index is -4.09. The first-order chi connectivity index (χ1) is 9.78. The van der Waals surface area contributed by atoms with Crippen molar-refractivity contribution >= 4 is 15.7 Å². The summed E-state index contributed by atoms with van der Waals surface area (Å²) in [5.41, 5.74) is 4.46. The molecule has 0 bridgehead atoms. The highest BCUT2D eigenvalue weighted by atomic mass is 32.2. The van der Waals surface area contributed by atoms with Gasteiger partial charge in [-0.05, 0) is 25.5 Å². The summed E-state index contributed by atoms with van der Waals surface area (Å²) in [4.78, 5) is -0.603. The summed E-state index contributed by atoms with van der Waals surface area (Å²) in [5.74, 6) is -2.22. The quantitative estimate of drug-likeness (QED) is 0.861. The average molecular weight is 320 g/mol. The molecule has 2 rings (SSSR count). The number of nitrogens with two attached hydrogens (primary N) is 1. The summed E-state index contributed by atoms with van der Waals surface area (Å²) in [6.07, 6.45) is 0.244. The van der Waals surface area contributed by atoms with Crippen molar-refractivity contribution in [3.05, 3.63) is 23.8 Å². The van der Waals surface area contributed by atoms with E-state index in [0.717, 1.165) is 12.1 Å². The largest absolute Gasteiger partial charge is 0.394 e. The zero-order valence-electron chi connectivity index (χ0n) is 11.8. The Morgan fingerprint density at radius 3 is 2.71 bits per heavy atom. The Balaban J connectivity index is 2.48. The Bertz CT molecular complexity index is 637. The molecule has 8 heteroatoms. The van der Waals surface area contributed by atoms with E-state index in [2.05, 4.69) is 0 Å². The normalized spacial score (nSPS) is 24.2. The number of halogens is 2. The minimum absolute atomic E-state index is 0.123. The van der Waals surface area contributed by atoms with Gasteiger partial charge in [0, 0.05) is 12.6 Å². The molecule has 1 saturated heterocycles. The molecule has 1 aliphatic heterocycles. The second kappa shape index (κ2) is 5.86. The summed E-state index contributed by atoms with van der Waals surface area (Å²) in [7, 11) is -4.09. The van der Waals surface area contributed by atoms with Crippen molar-refractivity contribution < 1.29 is 21.9 Å². The average Bonchev–Trinajstić information content (AvgIpc) is 2.44. The lowest BCUT2D eigenvalue weighted by Gasteiger charge is -2.37. The van der Waals surface area contributed by atoms with Crippen LogP contribution in [0.2, 0.25) is 0 Å². The topological polar surface area (TPSA) is 72.6 Å². The standard InChI is InChI=1S/C13H18F2N2O3S/c1-3-9-7-20-8(2)6-17(9)21(18,19)11-5-4-10(14)13(16)12(11)15/h4-5,8-9H,3,6-7,16H2,1-2H3. The maximum Gasteiger partial charge on any atom is 0.246 e. The van der Waals surface area contributed by atoms with Gasteiger partial charge in [0.2, 0.25) is 10.0 Å². The molecule has 0 saturated carbocycles. The van der Waals surface area contributed by atoms with Crippen LogP contribution in [0.4, 0.5) is 14.5 Å². The third-order valence-corrected chi connectivity index (χ3v) is 5.50. The maximum absolute atomic E-state index is 14.0. The molecule has 0 aromatic heterocycles. The molecule has 5 nitrogen and oxygen atoms in total. The molecule has 21 heavy (non-hydrogen) atoms. The molecule has 2 atom stereocenters. The Hall–Kier alpha value is -1.25. The molecular formula is C13H18F2N2O3S. The number of nitrogen functional groups attached to an aromatic ring is 1. The highest BCUT2D eigenvalue weighted by molar-refractivity contribution is 7.89. The fourth-order valence-electron chi connectivity index (χ4n) is 2.30. The highest BCUT2D eigenvalue weighted by Gasteiger charge is 2.37. The maximum atomic E-state index is 14.0. The van der Waals surface area contributed by atoms with Crippen LogP contribution in [0.5, 0.6) is 0 Å². The van der Waals surface area contributed by atoms with Crippen molar-refractivity contribution in [1.82, 2.24) is 4.31 Å². The molecule has 2 unspecified atom stereocenters. The van der Waals surface area contributed by atoms with E-state index in [1.54, 1.807) is 6.92 Å². The second-order valence-corrected chi connectivity index (χ2v) is 6.91. The van der Waals surface area contributed by atoms with Crippen LogP contribution in [0.15, 0.2) is 17.0 Å². The van der Waals surface area contributed by atoms with Crippen molar-refractivity contribution in [2.24, 2.45) is 0 Å². The number of rotatable bonds is 3. The van der Waals surface area contributed by atoms with Crippen LogP contribution >= 0.6 is 0 Å². The van der Waals surface area contributed by atoms with Crippen LogP contribution in [-0.2, 0) is 14.8 Å². The molecule has 1 aliphatic rings. The molecule has 0 radical (unpaired) electrons. The summed E-state index contributed by atoms with van der Waals surface area (Å²) in [6, 6.07) is 1.39. The van der Waals surface area contributed by atoms with Crippen molar-refractivity contribution in [3.63, 3.8) is 0 Å². The minimum Gasteiger partial charge on any atom is -0.394 e. The Kier molecular flexibility index (Phi) is 4.50. The van der Waals surface area contributed by atoms with Crippen LogP contribution in [0.3, 0.4) is 0 Å². The Morgan fingerprint density at radius 2 is 2.10 bits per heavy atom. The highest BCUT2D eigenvalue weighted by Crippen LogP contribution is 2.29. The predicted molar refractivity (Wildman–Crippen MR) is 74.2 cm³/mol. The van der Waals surface area contributed by atoms with Gasteiger partial charge in [0.15, 0.2) is 5.82 Å². The first-order valence-corrected chi connectivity index (χ1v) is 8.10. The van der Waals surface area contributed by atoms with Crippen molar-refractivity contribution in [2.75, 3.05) is 18.9 Å². The van der Waals surface area contributed by atoms with Crippen molar-refractivity contribution in [1.29, 1.82) is 0 Å². The fourth-order valence-corrected chi connectivity index (χ4v) is 4.14. The van der Waals surface area contributed by atoms with Gasteiger partial charge in [-0.3, -0.25) is 0 Å². The van der Waals surface area contributed by atoms with Gasteiger partial charge in [-0.25, -0.2) is 17.2 Å². The molecule has 0 amide bonds. The van der Waals surface area contributed by atoms with E-state index in [9.17, 15) is 17.2 Å². The summed E-state index contributed by atoms with van der Waals surface area (Å²) in [5, 5.41) is 0. The smallest absolute Gasteiger partial charge is 0.246 e. The van der Waals surface area contributed by atoms with E-state index in [1.165, 1.54) is 4.31 Å². The van der Waals surface area contributed by atoms with Crippen LogP contribution < -0.4 is 5.73 Å². The van der Waals surface area contributed by atoms with Gasteiger partial charge < -0.3 is 10.5 Å². The van der Waals surface area contributed by atoms with E-state index in [1.807, 2.05) is 6.92 Å². The van der Waals surface area contributed by atoms with E-state index in [4.69, 9.17) is 10.5 Å². The van der Waals surface area contributed by atoms with E-state index in [-0.39, 0.29) is 25.3 Å². The van der Waals surface area contributed by atoms with E-state index in [0.29, 0.717) is 6.42 Å². The molecular weight excluding hydrogens is 302 g/mol. The summed E-state index contributed by atoms with van der Waals surface area (Å²) >= 11 is 0. The van der Waals surface area contributed by atoms with Crippen LogP contribution in [-0.4, -0.2) is 38.0 Å². The van der Waals surface area contributed by atoms with Gasteiger partial charge in [-0.1, -0.05) is 6.92 Å². The molecule has 1 heterocycles. The zero-order valence-corrected chi connectivity index (χ0v) is 12.7. The van der Waals surface area contributed by atoms with Crippen LogP contribution in [0, 0.1) is 11.6 Å². The van der Waals surface area contributed by atoms with E-state index < -0.39 is 32.2 Å². The van der Waals surface area contributed by atoms with Gasteiger partial charge in [-0.15, -0.1) is 0 Å². The zero-order chi connectivity index (χ0) is 15.8. The molecule has 1 aromatic carbocycles. The molecule has 1 aromatic rings. The molecule has 0 spiro atoms. The van der Waals surface area contributed by atoms with Gasteiger partial charge in [0.05, 0.1) is 12.7 Å². The monoisotopic (exact) mass is 320 g/mol. The number of benzene rings is 1. The summed E-state index contributed by atoms with van der Waals surface area (Å²) < 4.78 is 59.2. The van der Waals surface area contributed by atoms with Gasteiger partial charge in [0.25, 0.3) is 0 Å². The number of ether oxygens (including phenoxy) is 1. The SMILES string of the molecule is CCC1COC(C)CN1S(=O)(=O)c1ccc(F)c(N)c1F.